The molecule has 3 heterocycles. The van der Waals surface area contributed by atoms with Crippen LogP contribution < -0.4 is 5.32 Å². The SMILES string of the molecule is C=CCCC(=O)N[C@@H](COC)[C@@H](OC(=O)[C@@H]1[C@@H]2CC[C@]3(O2)[C@H](C(=O)N(CC=C)CCCCC)N([C@@H](CO)Cc2ccccc2)C(=O)[C@@H]13)c1ccccc1. The van der Waals surface area contributed by atoms with Crippen LogP contribution in [0.5, 0.6) is 0 Å². The van der Waals surface area contributed by atoms with Gasteiger partial charge in [0.25, 0.3) is 0 Å². The topological polar surface area (TPSA) is 135 Å². The molecule has 1 spiro atoms. The molecule has 2 aromatic rings. The quantitative estimate of drug-likeness (QED) is 0.109. The van der Waals surface area contributed by atoms with Crippen LogP contribution in [0, 0.1) is 11.8 Å². The predicted molar refractivity (Wildman–Crippen MR) is 200 cm³/mol. The first-order valence-electron chi connectivity index (χ1n) is 18.9. The van der Waals surface area contributed by atoms with E-state index >= 15 is 0 Å². The van der Waals surface area contributed by atoms with Gasteiger partial charge in [0.15, 0.2) is 0 Å². The van der Waals surface area contributed by atoms with Crippen molar-refractivity contribution >= 4 is 23.7 Å². The van der Waals surface area contributed by atoms with Gasteiger partial charge in [0.1, 0.15) is 17.7 Å². The highest BCUT2D eigenvalue weighted by Crippen LogP contribution is 2.59. The van der Waals surface area contributed by atoms with Crippen molar-refractivity contribution in [1.29, 1.82) is 0 Å². The number of aliphatic hydroxyl groups excluding tert-OH is 1. The molecule has 0 radical (unpaired) electrons. The number of unbranched alkanes of at least 4 members (excludes halogenated alkanes) is 2. The summed E-state index contributed by atoms with van der Waals surface area (Å²) in [7, 11) is 1.51. The van der Waals surface area contributed by atoms with E-state index in [-0.39, 0.29) is 38.0 Å². The highest BCUT2D eigenvalue weighted by atomic mass is 16.6. The zero-order valence-corrected chi connectivity index (χ0v) is 31.1. The van der Waals surface area contributed by atoms with Gasteiger partial charge in [-0.2, -0.15) is 0 Å². The van der Waals surface area contributed by atoms with Gasteiger partial charge in [0.05, 0.1) is 43.2 Å². The van der Waals surface area contributed by atoms with Crippen molar-refractivity contribution in [2.24, 2.45) is 11.8 Å². The molecule has 3 fully saturated rings. The van der Waals surface area contributed by atoms with E-state index in [1.165, 1.54) is 12.0 Å². The Balaban J connectivity index is 1.52. The molecule has 3 aliphatic rings. The molecule has 0 saturated carbocycles. The summed E-state index contributed by atoms with van der Waals surface area (Å²) in [6.07, 6.45) is 6.29. The summed E-state index contributed by atoms with van der Waals surface area (Å²) in [6.45, 7) is 10.1. The Kier molecular flexibility index (Phi) is 14.0. The second-order valence-corrected chi connectivity index (χ2v) is 14.3. The van der Waals surface area contributed by atoms with E-state index in [0.29, 0.717) is 37.8 Å². The number of nitrogens with zero attached hydrogens (tertiary/aromatic N) is 2. The van der Waals surface area contributed by atoms with Gasteiger partial charge in [-0.1, -0.05) is 92.6 Å². The molecule has 2 bridgehead atoms. The third-order valence-corrected chi connectivity index (χ3v) is 10.9. The van der Waals surface area contributed by atoms with Crippen LogP contribution in [-0.4, -0.2) is 102 Å². The number of hydrogen-bond acceptors (Lipinski definition) is 8. The number of ether oxygens (including phenoxy) is 3. The Morgan fingerprint density at radius 2 is 1.81 bits per heavy atom. The third-order valence-electron chi connectivity index (χ3n) is 10.9. The lowest BCUT2D eigenvalue weighted by molar-refractivity contribution is -0.163. The molecule has 2 N–H and O–H groups in total. The summed E-state index contributed by atoms with van der Waals surface area (Å²) in [5, 5.41) is 13.8. The lowest BCUT2D eigenvalue weighted by Gasteiger charge is -2.39. The Labute approximate surface area is 313 Å². The maximum absolute atomic E-state index is 14.9. The standard InChI is InChI=1S/C42H55N3O8/c1-5-8-16-25-44(24-7-3)40(49)38-42-23-22-33(53-42)35(36(42)39(48)45(38)31(27-46)26-29-17-12-10-13-18-29)41(50)52-37(30-19-14-11-15-20-30)32(28-51-4)43-34(47)21-9-6-2/h6-7,10-15,17-20,31-33,35-38,46H,2-3,5,8-9,16,21-28H2,1,4H3,(H,43,47)/t31-,32+,33+,35-,36-,37+,38+,42-/m1/s1. The van der Waals surface area contributed by atoms with Crippen LogP contribution in [-0.2, 0) is 39.8 Å². The van der Waals surface area contributed by atoms with Crippen LogP contribution in [0.2, 0.25) is 0 Å². The molecule has 5 rings (SSSR count). The van der Waals surface area contributed by atoms with Gasteiger partial charge in [-0.05, 0) is 43.2 Å². The molecular weight excluding hydrogens is 674 g/mol. The van der Waals surface area contributed by atoms with E-state index in [1.54, 1.807) is 17.1 Å². The normalized spacial score (nSPS) is 24.6. The van der Waals surface area contributed by atoms with E-state index in [2.05, 4.69) is 25.4 Å². The minimum atomic E-state index is -1.29. The van der Waals surface area contributed by atoms with E-state index in [9.17, 15) is 24.3 Å². The summed E-state index contributed by atoms with van der Waals surface area (Å²) < 4.78 is 18.6. The fourth-order valence-electron chi connectivity index (χ4n) is 8.47. The molecule has 53 heavy (non-hydrogen) atoms. The van der Waals surface area contributed by atoms with Crippen molar-refractivity contribution in [3.05, 3.63) is 97.1 Å². The fraction of sp³-hybridized carbons (Fsp3) is 0.524. The lowest BCUT2D eigenvalue weighted by atomic mass is 9.70. The van der Waals surface area contributed by atoms with E-state index < -0.39 is 59.6 Å². The number of allylic oxidation sites excluding steroid dienone is 1. The maximum Gasteiger partial charge on any atom is 0.313 e. The van der Waals surface area contributed by atoms with Gasteiger partial charge in [0, 0.05) is 26.6 Å². The van der Waals surface area contributed by atoms with Gasteiger partial charge >= 0.3 is 5.97 Å². The minimum Gasteiger partial charge on any atom is -0.455 e. The molecular formula is C42H55N3O8. The van der Waals surface area contributed by atoms with Crippen molar-refractivity contribution in [3.63, 3.8) is 0 Å². The molecule has 0 aromatic heterocycles. The Morgan fingerprint density at radius 3 is 2.45 bits per heavy atom. The van der Waals surface area contributed by atoms with E-state index in [4.69, 9.17) is 14.2 Å². The van der Waals surface area contributed by atoms with Crippen molar-refractivity contribution in [2.45, 2.75) is 94.2 Å². The van der Waals surface area contributed by atoms with Crippen molar-refractivity contribution in [1.82, 2.24) is 15.1 Å². The summed E-state index contributed by atoms with van der Waals surface area (Å²) >= 11 is 0. The zero-order valence-electron chi connectivity index (χ0n) is 31.1. The van der Waals surface area contributed by atoms with E-state index in [1.807, 2.05) is 60.7 Å². The number of methoxy groups -OCH3 is 1. The summed E-state index contributed by atoms with van der Waals surface area (Å²) in [6, 6.07) is 16.1. The molecule has 3 amide bonds. The number of likely N-dealkylation sites (tertiary alicyclic amines) is 1. The number of esters is 1. The summed E-state index contributed by atoms with van der Waals surface area (Å²) in [5.74, 6) is -3.59. The van der Waals surface area contributed by atoms with Crippen molar-refractivity contribution < 1.29 is 38.5 Å². The van der Waals surface area contributed by atoms with Crippen molar-refractivity contribution in [3.8, 4) is 0 Å². The average molecular weight is 730 g/mol. The number of nitrogens with one attached hydrogen (secondary N) is 1. The number of fused-ring (bicyclic) bond motifs is 1. The number of aliphatic hydroxyl groups is 1. The smallest absolute Gasteiger partial charge is 0.313 e. The zero-order chi connectivity index (χ0) is 38.0. The lowest BCUT2D eigenvalue weighted by Crippen LogP contribution is -2.59. The van der Waals surface area contributed by atoms with Gasteiger partial charge in [0.2, 0.25) is 17.7 Å². The predicted octanol–water partition coefficient (Wildman–Crippen LogP) is 4.55. The van der Waals surface area contributed by atoms with Crippen LogP contribution in [0.15, 0.2) is 86.0 Å². The Morgan fingerprint density at radius 1 is 1.09 bits per heavy atom. The number of carbonyl (C=O) groups is 4. The number of hydrogen-bond donors (Lipinski definition) is 2. The number of benzene rings is 2. The average Bonchev–Trinajstić information content (AvgIpc) is 3.82. The molecule has 3 aliphatic heterocycles. The van der Waals surface area contributed by atoms with Crippen LogP contribution >= 0.6 is 0 Å². The first kappa shape index (κ1) is 39.9. The van der Waals surface area contributed by atoms with Crippen LogP contribution in [0.1, 0.15) is 69.1 Å². The first-order valence-corrected chi connectivity index (χ1v) is 18.9. The van der Waals surface area contributed by atoms with E-state index in [0.717, 1.165) is 24.8 Å². The van der Waals surface area contributed by atoms with Crippen LogP contribution in [0.3, 0.4) is 0 Å². The molecule has 8 atom stereocenters. The third kappa shape index (κ3) is 8.58. The van der Waals surface area contributed by atoms with Gasteiger partial charge in [-0.15, -0.1) is 13.2 Å². The number of carbonyl (C=O) groups excluding carboxylic acids is 4. The molecule has 2 aromatic carbocycles. The number of rotatable bonds is 21. The van der Waals surface area contributed by atoms with Crippen LogP contribution in [0.4, 0.5) is 0 Å². The fourth-order valence-corrected chi connectivity index (χ4v) is 8.47. The first-order chi connectivity index (χ1) is 25.7. The minimum absolute atomic E-state index is 0.0583. The second kappa shape index (κ2) is 18.6. The Bertz CT molecular complexity index is 1570. The monoisotopic (exact) mass is 729 g/mol. The molecule has 3 saturated heterocycles. The van der Waals surface area contributed by atoms with Crippen molar-refractivity contribution in [2.75, 3.05) is 33.4 Å². The maximum atomic E-state index is 14.9. The summed E-state index contributed by atoms with van der Waals surface area (Å²) in [4.78, 5) is 60.5. The van der Waals surface area contributed by atoms with Gasteiger partial charge in [-0.3, -0.25) is 19.2 Å². The van der Waals surface area contributed by atoms with Gasteiger partial charge < -0.3 is 34.4 Å². The largest absolute Gasteiger partial charge is 0.455 e. The molecule has 11 nitrogen and oxygen atoms in total. The Hall–Kier alpha value is -4.32. The number of amides is 3. The molecule has 0 aliphatic carbocycles. The molecule has 0 unspecified atom stereocenters. The highest BCUT2D eigenvalue weighted by Gasteiger charge is 2.75. The molecule has 286 valence electrons. The summed E-state index contributed by atoms with van der Waals surface area (Å²) in [5.41, 5.74) is 0.259. The van der Waals surface area contributed by atoms with Gasteiger partial charge in [-0.25, -0.2) is 0 Å². The highest BCUT2D eigenvalue weighted by molar-refractivity contribution is 5.98. The van der Waals surface area contributed by atoms with Crippen LogP contribution in [0.25, 0.3) is 0 Å². The molecule has 11 heteroatoms. The second-order valence-electron chi connectivity index (χ2n) is 14.3.